The summed E-state index contributed by atoms with van der Waals surface area (Å²) in [7, 11) is 3.95. The Balaban J connectivity index is 2.12. The monoisotopic (exact) mass is 262 g/mol. The van der Waals surface area contributed by atoms with Gasteiger partial charge in [0.15, 0.2) is 0 Å². The van der Waals surface area contributed by atoms with E-state index >= 15 is 0 Å². The smallest absolute Gasteiger partial charge is 0.123 e. The van der Waals surface area contributed by atoms with Crippen LogP contribution < -0.4 is 4.74 Å². The first kappa shape index (κ1) is 14.4. The Morgan fingerprint density at radius 3 is 2.89 bits per heavy atom. The Bertz CT molecular complexity index is 405. The molecule has 3 heteroatoms. The molecule has 19 heavy (non-hydrogen) atoms. The zero-order chi connectivity index (χ0) is 13.8. The molecule has 0 radical (unpaired) electrons. The Morgan fingerprint density at radius 1 is 1.42 bits per heavy atom. The second-order valence-electron chi connectivity index (χ2n) is 5.39. The molecule has 0 aromatic heterocycles. The molecular formula is C16H26N2O. The van der Waals surface area contributed by atoms with Crippen molar-refractivity contribution in [3.8, 4) is 5.75 Å². The van der Waals surface area contributed by atoms with Gasteiger partial charge in [-0.05, 0) is 38.6 Å². The minimum atomic E-state index is 0.449. The highest BCUT2D eigenvalue weighted by Crippen LogP contribution is 2.35. The van der Waals surface area contributed by atoms with Crippen LogP contribution >= 0.6 is 0 Å². The third-order valence-corrected chi connectivity index (χ3v) is 4.32. The highest BCUT2D eigenvalue weighted by Gasteiger charge is 2.26. The first-order valence-electron chi connectivity index (χ1n) is 7.25. The molecule has 1 heterocycles. The quantitative estimate of drug-likeness (QED) is 0.811. The molecule has 0 saturated heterocycles. The number of methoxy groups -OCH3 is 1. The fourth-order valence-electron chi connectivity index (χ4n) is 2.86. The maximum absolute atomic E-state index is 5.54. The van der Waals surface area contributed by atoms with E-state index in [4.69, 9.17) is 4.74 Å². The van der Waals surface area contributed by atoms with Crippen molar-refractivity contribution < 1.29 is 4.74 Å². The number of hydrogen-bond acceptors (Lipinski definition) is 3. The lowest BCUT2D eigenvalue weighted by molar-refractivity contribution is 0.170. The second kappa shape index (κ2) is 6.40. The lowest BCUT2D eigenvalue weighted by Crippen LogP contribution is -2.39. The minimum absolute atomic E-state index is 0.449. The summed E-state index contributed by atoms with van der Waals surface area (Å²) in [4.78, 5) is 4.93. The predicted molar refractivity (Wildman–Crippen MR) is 79.9 cm³/mol. The molecule has 1 aliphatic rings. The van der Waals surface area contributed by atoms with Crippen LogP contribution in [0.25, 0.3) is 0 Å². The molecule has 1 atom stereocenters. The third kappa shape index (κ3) is 3.10. The first-order valence-corrected chi connectivity index (χ1v) is 7.25. The zero-order valence-electron chi connectivity index (χ0n) is 12.6. The van der Waals surface area contributed by atoms with Gasteiger partial charge in [-0.1, -0.05) is 19.1 Å². The van der Waals surface area contributed by atoms with Crippen LogP contribution in [0.1, 0.15) is 31.0 Å². The zero-order valence-corrected chi connectivity index (χ0v) is 12.6. The van der Waals surface area contributed by atoms with Crippen LogP contribution in [0.2, 0.25) is 0 Å². The van der Waals surface area contributed by atoms with Crippen LogP contribution in [0, 0.1) is 0 Å². The molecule has 1 unspecified atom stereocenters. The van der Waals surface area contributed by atoms with Gasteiger partial charge in [-0.3, -0.25) is 4.90 Å². The van der Waals surface area contributed by atoms with Crippen LogP contribution in [-0.2, 0) is 6.42 Å². The Hall–Kier alpha value is -1.06. The third-order valence-electron chi connectivity index (χ3n) is 4.32. The van der Waals surface area contributed by atoms with E-state index in [9.17, 15) is 0 Å². The molecule has 1 aromatic carbocycles. The van der Waals surface area contributed by atoms with Crippen LogP contribution in [0.15, 0.2) is 18.2 Å². The van der Waals surface area contributed by atoms with Gasteiger partial charge in [-0.25, -0.2) is 0 Å². The number of nitrogens with zero attached hydrogens (tertiary/aromatic N) is 2. The lowest BCUT2D eigenvalue weighted by Gasteiger charge is -2.36. The van der Waals surface area contributed by atoms with Gasteiger partial charge in [0, 0.05) is 31.2 Å². The van der Waals surface area contributed by atoms with Crippen molar-refractivity contribution in [1.29, 1.82) is 0 Å². The number of benzene rings is 1. The van der Waals surface area contributed by atoms with Gasteiger partial charge >= 0.3 is 0 Å². The lowest BCUT2D eigenvalue weighted by atomic mass is 9.92. The molecule has 106 valence electrons. The molecular weight excluding hydrogens is 236 g/mol. The van der Waals surface area contributed by atoms with Gasteiger partial charge in [0.25, 0.3) is 0 Å². The minimum Gasteiger partial charge on any atom is -0.496 e. The Labute approximate surface area is 117 Å². The van der Waals surface area contributed by atoms with Gasteiger partial charge in [-0.2, -0.15) is 0 Å². The molecule has 0 bridgehead atoms. The molecule has 0 spiro atoms. The highest BCUT2D eigenvalue weighted by molar-refractivity contribution is 5.43. The summed E-state index contributed by atoms with van der Waals surface area (Å²) in [5.74, 6) is 1.04. The predicted octanol–water partition coefficient (Wildman–Crippen LogP) is 2.57. The van der Waals surface area contributed by atoms with Crippen LogP contribution in [0.3, 0.4) is 0 Å². The van der Waals surface area contributed by atoms with E-state index in [0.29, 0.717) is 6.04 Å². The van der Waals surface area contributed by atoms with Crippen molar-refractivity contribution in [3.05, 3.63) is 29.3 Å². The van der Waals surface area contributed by atoms with Crippen molar-refractivity contribution in [1.82, 2.24) is 9.80 Å². The van der Waals surface area contributed by atoms with Crippen LogP contribution in [-0.4, -0.2) is 50.1 Å². The number of rotatable bonds is 5. The molecule has 1 aliphatic heterocycles. The largest absolute Gasteiger partial charge is 0.496 e. The number of ether oxygens (including phenoxy) is 1. The number of fused-ring (bicyclic) bond motifs is 1. The van der Waals surface area contributed by atoms with Crippen molar-refractivity contribution in [2.45, 2.75) is 26.3 Å². The topological polar surface area (TPSA) is 15.7 Å². The van der Waals surface area contributed by atoms with Gasteiger partial charge in [-0.15, -0.1) is 0 Å². The summed E-state index contributed by atoms with van der Waals surface area (Å²) < 4.78 is 5.54. The van der Waals surface area contributed by atoms with Crippen molar-refractivity contribution in [2.75, 3.05) is 40.3 Å². The summed E-state index contributed by atoms with van der Waals surface area (Å²) >= 11 is 0. The number of likely N-dealkylation sites (N-methyl/N-ethyl adjacent to an activating group) is 1. The summed E-state index contributed by atoms with van der Waals surface area (Å²) in [6, 6.07) is 6.87. The second-order valence-corrected chi connectivity index (χ2v) is 5.39. The standard InChI is InChI=1S/C16H26N2O/c1-5-17(3)11-12-18-10-9-14-7-6-8-15(19-4)16(14)13(18)2/h6-8,13H,5,9-12H2,1-4H3. The average molecular weight is 262 g/mol. The molecule has 0 aliphatic carbocycles. The van der Waals surface area contributed by atoms with Crippen molar-refractivity contribution in [3.63, 3.8) is 0 Å². The molecule has 0 fully saturated rings. The van der Waals surface area contributed by atoms with Gasteiger partial charge < -0.3 is 9.64 Å². The summed E-state index contributed by atoms with van der Waals surface area (Å²) in [6.45, 7) is 9.03. The molecule has 0 amide bonds. The van der Waals surface area contributed by atoms with Gasteiger partial charge in [0.05, 0.1) is 7.11 Å². The fraction of sp³-hybridized carbons (Fsp3) is 0.625. The van der Waals surface area contributed by atoms with E-state index in [0.717, 1.165) is 38.3 Å². The van der Waals surface area contributed by atoms with E-state index in [1.165, 1.54) is 11.1 Å². The summed E-state index contributed by atoms with van der Waals surface area (Å²) in [5.41, 5.74) is 2.84. The first-order chi connectivity index (χ1) is 9.17. The average Bonchev–Trinajstić information content (AvgIpc) is 2.45. The normalized spacial score (nSPS) is 19.5. The van der Waals surface area contributed by atoms with Crippen LogP contribution in [0.5, 0.6) is 5.75 Å². The van der Waals surface area contributed by atoms with E-state index in [1.807, 2.05) is 0 Å². The van der Waals surface area contributed by atoms with Gasteiger partial charge in [0.1, 0.15) is 5.75 Å². The molecule has 3 nitrogen and oxygen atoms in total. The van der Waals surface area contributed by atoms with E-state index < -0.39 is 0 Å². The van der Waals surface area contributed by atoms with Gasteiger partial charge in [0.2, 0.25) is 0 Å². The van der Waals surface area contributed by atoms with Crippen LogP contribution in [0.4, 0.5) is 0 Å². The SMILES string of the molecule is CCN(C)CCN1CCc2cccc(OC)c2C1C. The van der Waals surface area contributed by atoms with E-state index in [2.05, 4.69) is 48.9 Å². The number of hydrogen-bond donors (Lipinski definition) is 0. The Kier molecular flexibility index (Phi) is 4.83. The maximum Gasteiger partial charge on any atom is 0.123 e. The molecule has 1 aromatic rings. The van der Waals surface area contributed by atoms with Crippen molar-refractivity contribution in [2.24, 2.45) is 0 Å². The molecule has 0 N–H and O–H groups in total. The fourth-order valence-corrected chi connectivity index (χ4v) is 2.86. The van der Waals surface area contributed by atoms with E-state index in [-0.39, 0.29) is 0 Å². The van der Waals surface area contributed by atoms with Crippen molar-refractivity contribution >= 4 is 0 Å². The summed E-state index contributed by atoms with van der Waals surface area (Å²) in [5, 5.41) is 0. The molecule has 2 rings (SSSR count). The summed E-state index contributed by atoms with van der Waals surface area (Å²) in [6.07, 6.45) is 1.13. The maximum atomic E-state index is 5.54. The highest BCUT2D eigenvalue weighted by atomic mass is 16.5. The molecule has 0 saturated carbocycles. The van der Waals surface area contributed by atoms with E-state index in [1.54, 1.807) is 7.11 Å². The Morgan fingerprint density at radius 2 is 2.21 bits per heavy atom.